The topological polar surface area (TPSA) is 89.6 Å². The molecule has 0 saturated carbocycles. The molecule has 0 unspecified atom stereocenters. The SMILES string of the molecule is COCCn1cc(NC(=O)C(=O)N2CCC[C@H]2c2ccc(C)o2)cn1. The Labute approximate surface area is 145 Å². The van der Waals surface area contributed by atoms with E-state index in [1.165, 1.54) is 6.20 Å². The van der Waals surface area contributed by atoms with Gasteiger partial charge in [0.2, 0.25) is 0 Å². The van der Waals surface area contributed by atoms with Gasteiger partial charge in [-0.2, -0.15) is 5.10 Å². The van der Waals surface area contributed by atoms with E-state index in [1.807, 2.05) is 19.1 Å². The monoisotopic (exact) mass is 346 g/mol. The maximum absolute atomic E-state index is 12.5. The summed E-state index contributed by atoms with van der Waals surface area (Å²) >= 11 is 0. The van der Waals surface area contributed by atoms with Gasteiger partial charge < -0.3 is 19.4 Å². The first kappa shape index (κ1) is 17.2. The highest BCUT2D eigenvalue weighted by molar-refractivity contribution is 6.39. The fraction of sp³-hybridized carbons (Fsp3) is 0.471. The van der Waals surface area contributed by atoms with Gasteiger partial charge in [-0.15, -0.1) is 0 Å². The van der Waals surface area contributed by atoms with Gasteiger partial charge in [0.25, 0.3) is 0 Å². The highest BCUT2D eigenvalue weighted by Gasteiger charge is 2.35. The van der Waals surface area contributed by atoms with Crippen molar-refractivity contribution in [2.45, 2.75) is 32.4 Å². The lowest BCUT2D eigenvalue weighted by atomic mass is 10.1. The summed E-state index contributed by atoms with van der Waals surface area (Å²) in [6.07, 6.45) is 4.82. The lowest BCUT2D eigenvalue weighted by Gasteiger charge is -2.22. The molecule has 1 atom stereocenters. The van der Waals surface area contributed by atoms with Gasteiger partial charge in [-0.1, -0.05) is 0 Å². The predicted molar refractivity (Wildman–Crippen MR) is 89.9 cm³/mol. The molecule has 8 nitrogen and oxygen atoms in total. The molecule has 0 aliphatic carbocycles. The van der Waals surface area contributed by atoms with Crippen LogP contribution in [0.3, 0.4) is 0 Å². The average Bonchev–Trinajstić information content (AvgIpc) is 3.32. The number of hydrogen-bond donors (Lipinski definition) is 1. The van der Waals surface area contributed by atoms with Crippen LogP contribution < -0.4 is 5.32 Å². The second-order valence-electron chi connectivity index (χ2n) is 6.04. The number of furan rings is 1. The second kappa shape index (κ2) is 7.52. The minimum Gasteiger partial charge on any atom is -0.464 e. The van der Waals surface area contributed by atoms with Crippen LogP contribution in [0.15, 0.2) is 28.9 Å². The van der Waals surface area contributed by atoms with Crippen molar-refractivity contribution in [3.8, 4) is 0 Å². The lowest BCUT2D eigenvalue weighted by Crippen LogP contribution is -2.39. The molecule has 25 heavy (non-hydrogen) atoms. The number of anilines is 1. The quantitative estimate of drug-likeness (QED) is 0.833. The van der Waals surface area contributed by atoms with E-state index in [9.17, 15) is 9.59 Å². The lowest BCUT2D eigenvalue weighted by molar-refractivity contribution is -0.144. The van der Waals surface area contributed by atoms with Crippen molar-refractivity contribution < 1.29 is 18.7 Å². The summed E-state index contributed by atoms with van der Waals surface area (Å²) in [5.74, 6) is 0.299. The first-order chi connectivity index (χ1) is 12.1. The second-order valence-corrected chi connectivity index (χ2v) is 6.04. The number of methoxy groups -OCH3 is 1. The van der Waals surface area contributed by atoms with E-state index in [1.54, 1.807) is 22.9 Å². The number of aromatic nitrogens is 2. The van der Waals surface area contributed by atoms with Crippen LogP contribution in [-0.2, 0) is 20.9 Å². The van der Waals surface area contributed by atoms with Crippen LogP contribution in [0.5, 0.6) is 0 Å². The minimum absolute atomic E-state index is 0.184. The number of hydrogen-bond acceptors (Lipinski definition) is 5. The fourth-order valence-electron chi connectivity index (χ4n) is 2.99. The maximum atomic E-state index is 12.5. The third kappa shape index (κ3) is 3.90. The normalized spacial score (nSPS) is 17.0. The van der Waals surface area contributed by atoms with E-state index in [4.69, 9.17) is 9.15 Å². The van der Waals surface area contributed by atoms with Crippen molar-refractivity contribution in [3.63, 3.8) is 0 Å². The van der Waals surface area contributed by atoms with E-state index < -0.39 is 11.8 Å². The summed E-state index contributed by atoms with van der Waals surface area (Å²) in [7, 11) is 1.61. The molecule has 3 rings (SSSR count). The molecule has 2 amide bonds. The predicted octanol–water partition coefficient (Wildman–Crippen LogP) is 1.73. The summed E-state index contributed by atoms with van der Waals surface area (Å²) in [4.78, 5) is 26.4. The van der Waals surface area contributed by atoms with E-state index in [2.05, 4.69) is 10.4 Å². The van der Waals surface area contributed by atoms with Crippen LogP contribution in [0.2, 0.25) is 0 Å². The fourth-order valence-corrected chi connectivity index (χ4v) is 2.99. The molecule has 134 valence electrons. The number of likely N-dealkylation sites (tertiary alicyclic amines) is 1. The Morgan fingerprint density at radius 1 is 1.44 bits per heavy atom. The van der Waals surface area contributed by atoms with Crippen molar-refractivity contribution in [3.05, 3.63) is 36.0 Å². The van der Waals surface area contributed by atoms with Gasteiger partial charge in [0, 0.05) is 19.9 Å². The Morgan fingerprint density at radius 3 is 3.00 bits per heavy atom. The van der Waals surface area contributed by atoms with Crippen LogP contribution in [0.4, 0.5) is 5.69 Å². The van der Waals surface area contributed by atoms with Crippen molar-refractivity contribution in [2.24, 2.45) is 0 Å². The average molecular weight is 346 g/mol. The highest BCUT2D eigenvalue weighted by atomic mass is 16.5. The largest absolute Gasteiger partial charge is 0.464 e. The van der Waals surface area contributed by atoms with Crippen LogP contribution in [0.25, 0.3) is 0 Å². The molecule has 3 heterocycles. The third-order valence-corrected chi connectivity index (χ3v) is 4.21. The van der Waals surface area contributed by atoms with Crippen LogP contribution in [0.1, 0.15) is 30.4 Å². The Hall–Kier alpha value is -2.61. The Kier molecular flexibility index (Phi) is 5.18. The van der Waals surface area contributed by atoms with Gasteiger partial charge in [0.15, 0.2) is 0 Å². The zero-order valence-corrected chi connectivity index (χ0v) is 14.4. The molecule has 1 aliphatic heterocycles. The summed E-state index contributed by atoms with van der Waals surface area (Å²) < 4.78 is 12.3. The number of aryl methyl sites for hydroxylation is 1. The van der Waals surface area contributed by atoms with Crippen molar-refractivity contribution in [1.29, 1.82) is 0 Å². The number of nitrogens with one attached hydrogen (secondary N) is 1. The molecule has 2 aromatic rings. The first-order valence-electron chi connectivity index (χ1n) is 8.28. The summed E-state index contributed by atoms with van der Waals surface area (Å²) in [6.45, 7) is 3.50. The van der Waals surface area contributed by atoms with Crippen molar-refractivity contribution >= 4 is 17.5 Å². The molecule has 1 saturated heterocycles. The molecule has 0 radical (unpaired) electrons. The smallest absolute Gasteiger partial charge is 0.314 e. The Balaban J connectivity index is 1.63. The zero-order valence-electron chi connectivity index (χ0n) is 14.4. The van der Waals surface area contributed by atoms with Gasteiger partial charge in [-0.3, -0.25) is 14.3 Å². The van der Waals surface area contributed by atoms with Crippen LogP contribution in [0, 0.1) is 6.92 Å². The maximum Gasteiger partial charge on any atom is 0.314 e. The molecule has 0 bridgehead atoms. The van der Waals surface area contributed by atoms with Gasteiger partial charge in [-0.05, 0) is 31.9 Å². The molecular formula is C17H22N4O4. The van der Waals surface area contributed by atoms with Gasteiger partial charge in [-0.25, -0.2) is 0 Å². The van der Waals surface area contributed by atoms with Crippen molar-refractivity contribution in [2.75, 3.05) is 25.6 Å². The standard InChI is InChI=1S/C17H22N4O4/c1-12-5-6-15(25-12)14-4-3-7-21(14)17(23)16(22)19-13-10-18-20(11-13)8-9-24-2/h5-6,10-11,14H,3-4,7-9H2,1-2H3,(H,19,22)/t14-/m0/s1. The third-order valence-electron chi connectivity index (χ3n) is 4.21. The Morgan fingerprint density at radius 2 is 2.28 bits per heavy atom. The van der Waals surface area contributed by atoms with E-state index in [0.29, 0.717) is 25.4 Å². The Bertz CT molecular complexity index is 751. The summed E-state index contributed by atoms with van der Waals surface area (Å²) in [5, 5.41) is 6.72. The molecule has 1 N–H and O–H groups in total. The zero-order chi connectivity index (χ0) is 17.8. The number of carbonyl (C=O) groups excluding carboxylic acids is 2. The molecule has 1 aliphatic rings. The van der Waals surface area contributed by atoms with Crippen molar-refractivity contribution in [1.82, 2.24) is 14.7 Å². The molecule has 1 fully saturated rings. The van der Waals surface area contributed by atoms with E-state index >= 15 is 0 Å². The molecule has 0 aromatic carbocycles. The summed E-state index contributed by atoms with van der Waals surface area (Å²) in [5.41, 5.74) is 0.485. The van der Waals surface area contributed by atoms with E-state index in [-0.39, 0.29) is 6.04 Å². The van der Waals surface area contributed by atoms with Gasteiger partial charge in [0.05, 0.1) is 31.1 Å². The number of amides is 2. The van der Waals surface area contributed by atoms with E-state index in [0.717, 1.165) is 24.4 Å². The number of ether oxygens (including phenoxy) is 1. The molecule has 8 heteroatoms. The number of rotatable bonds is 5. The van der Waals surface area contributed by atoms with Gasteiger partial charge >= 0.3 is 11.8 Å². The summed E-state index contributed by atoms with van der Waals surface area (Å²) in [6, 6.07) is 3.55. The highest BCUT2D eigenvalue weighted by Crippen LogP contribution is 2.33. The molecule has 2 aromatic heterocycles. The van der Waals surface area contributed by atoms with Crippen LogP contribution in [-0.4, -0.2) is 46.8 Å². The van der Waals surface area contributed by atoms with Gasteiger partial charge in [0.1, 0.15) is 11.5 Å². The minimum atomic E-state index is -0.665. The van der Waals surface area contributed by atoms with Crippen LogP contribution >= 0.6 is 0 Å². The number of carbonyl (C=O) groups is 2. The molecule has 0 spiro atoms. The number of nitrogens with zero attached hydrogens (tertiary/aromatic N) is 3. The molecular weight excluding hydrogens is 324 g/mol. The first-order valence-corrected chi connectivity index (χ1v) is 8.28.